The monoisotopic (exact) mass is 159 g/mol. The van der Waals surface area contributed by atoms with Crippen molar-refractivity contribution in [2.24, 2.45) is 0 Å². The van der Waals surface area contributed by atoms with E-state index in [1.807, 2.05) is 0 Å². The topological polar surface area (TPSA) is 32.7 Å². The molecule has 0 bridgehead atoms. The second kappa shape index (κ2) is 4.04. The molecule has 0 aromatic heterocycles. The molecule has 0 spiro atoms. The molecule has 1 rings (SSSR count). The highest BCUT2D eigenvalue weighted by molar-refractivity contribution is 4.76. The van der Waals surface area contributed by atoms with Gasteiger partial charge in [-0.3, -0.25) is 4.90 Å². The van der Waals surface area contributed by atoms with E-state index >= 15 is 0 Å². The van der Waals surface area contributed by atoms with E-state index < -0.39 is 0 Å². The lowest BCUT2D eigenvalue weighted by atomic mass is 10.1. The summed E-state index contributed by atoms with van der Waals surface area (Å²) in [6, 6.07) is 0.441. The number of rotatable bonds is 2. The van der Waals surface area contributed by atoms with Crippen LogP contribution in [0.25, 0.3) is 0 Å². The van der Waals surface area contributed by atoms with Gasteiger partial charge in [0, 0.05) is 19.1 Å². The minimum Gasteiger partial charge on any atom is -0.395 e. The average molecular weight is 159 g/mol. The molecule has 3 nitrogen and oxygen atoms in total. The molecule has 1 fully saturated rings. The Labute approximate surface area is 68.0 Å². The van der Waals surface area contributed by atoms with Gasteiger partial charge in [-0.05, 0) is 13.8 Å². The molecule has 1 saturated heterocycles. The molecule has 0 radical (unpaired) electrons. The summed E-state index contributed by atoms with van der Waals surface area (Å²) < 4.78 is 5.44. The van der Waals surface area contributed by atoms with E-state index in [0.29, 0.717) is 12.1 Å². The first-order valence-corrected chi connectivity index (χ1v) is 4.22. The van der Waals surface area contributed by atoms with Crippen molar-refractivity contribution in [2.45, 2.75) is 26.0 Å². The highest BCUT2D eigenvalue weighted by Gasteiger charge is 2.24. The summed E-state index contributed by atoms with van der Waals surface area (Å²) in [5.74, 6) is 0. The van der Waals surface area contributed by atoms with Crippen molar-refractivity contribution < 1.29 is 9.84 Å². The van der Waals surface area contributed by atoms with Gasteiger partial charge in [-0.2, -0.15) is 0 Å². The van der Waals surface area contributed by atoms with Crippen molar-refractivity contribution in [3.63, 3.8) is 0 Å². The number of hydrogen-bond donors (Lipinski definition) is 1. The van der Waals surface area contributed by atoms with Crippen molar-refractivity contribution in [1.29, 1.82) is 0 Å². The van der Waals surface area contributed by atoms with Gasteiger partial charge >= 0.3 is 0 Å². The molecule has 0 aromatic rings. The lowest BCUT2D eigenvalue weighted by Crippen LogP contribution is -2.49. The van der Waals surface area contributed by atoms with Crippen LogP contribution < -0.4 is 0 Å². The molecule has 1 N–H and O–H groups in total. The van der Waals surface area contributed by atoms with Crippen molar-refractivity contribution in [2.75, 3.05) is 26.3 Å². The molecule has 1 heterocycles. The third-order valence-corrected chi connectivity index (χ3v) is 2.40. The van der Waals surface area contributed by atoms with E-state index in [1.54, 1.807) is 0 Å². The third kappa shape index (κ3) is 2.15. The minimum atomic E-state index is 0.247. The first kappa shape index (κ1) is 8.97. The molecular weight excluding hydrogens is 142 g/mol. The SMILES string of the molecule is CC1OCCN(CCO)C1C. The maximum atomic E-state index is 8.74. The molecular formula is C8H17NO2. The van der Waals surface area contributed by atoms with E-state index in [2.05, 4.69) is 18.7 Å². The Morgan fingerprint density at radius 1 is 1.55 bits per heavy atom. The normalized spacial score (nSPS) is 34.1. The second-order valence-electron chi connectivity index (χ2n) is 3.08. The second-order valence-corrected chi connectivity index (χ2v) is 3.08. The van der Waals surface area contributed by atoms with E-state index in [-0.39, 0.29) is 6.61 Å². The van der Waals surface area contributed by atoms with Crippen LogP contribution in [0, 0.1) is 0 Å². The summed E-state index contributed by atoms with van der Waals surface area (Å²) in [5, 5.41) is 8.74. The fourth-order valence-electron chi connectivity index (χ4n) is 1.44. The maximum absolute atomic E-state index is 8.74. The Kier molecular flexibility index (Phi) is 3.30. The molecule has 0 aliphatic carbocycles. The van der Waals surface area contributed by atoms with E-state index in [1.165, 1.54) is 0 Å². The highest BCUT2D eigenvalue weighted by Crippen LogP contribution is 2.11. The van der Waals surface area contributed by atoms with Crippen LogP contribution in [0.5, 0.6) is 0 Å². The summed E-state index contributed by atoms with van der Waals surface area (Å²) in [6.45, 7) is 6.98. The van der Waals surface area contributed by atoms with Crippen LogP contribution in [0.2, 0.25) is 0 Å². The van der Waals surface area contributed by atoms with Crippen LogP contribution >= 0.6 is 0 Å². The summed E-state index contributed by atoms with van der Waals surface area (Å²) in [5.41, 5.74) is 0. The molecule has 0 amide bonds. The zero-order chi connectivity index (χ0) is 8.27. The summed E-state index contributed by atoms with van der Waals surface area (Å²) in [7, 11) is 0. The molecule has 0 aromatic carbocycles. The molecule has 2 atom stereocenters. The summed E-state index contributed by atoms with van der Waals surface area (Å²) in [6.07, 6.45) is 0.301. The minimum absolute atomic E-state index is 0.247. The van der Waals surface area contributed by atoms with Gasteiger partial charge < -0.3 is 9.84 Å². The largest absolute Gasteiger partial charge is 0.395 e. The highest BCUT2D eigenvalue weighted by atomic mass is 16.5. The fourth-order valence-corrected chi connectivity index (χ4v) is 1.44. The Hall–Kier alpha value is -0.120. The molecule has 0 saturated carbocycles. The predicted molar refractivity (Wildman–Crippen MR) is 43.5 cm³/mol. The summed E-state index contributed by atoms with van der Waals surface area (Å²) >= 11 is 0. The smallest absolute Gasteiger partial charge is 0.0700 e. The van der Waals surface area contributed by atoms with Gasteiger partial charge in [-0.25, -0.2) is 0 Å². The zero-order valence-electron chi connectivity index (χ0n) is 7.29. The van der Waals surface area contributed by atoms with Crippen LogP contribution in [-0.4, -0.2) is 48.5 Å². The fraction of sp³-hybridized carbons (Fsp3) is 1.00. The first-order chi connectivity index (χ1) is 5.25. The number of morpholine rings is 1. The number of β-amino-alcohol motifs (C(OH)–C–C–N with tert-alkyl or cyclic N) is 1. The molecule has 1 aliphatic rings. The third-order valence-electron chi connectivity index (χ3n) is 2.40. The Balaban J connectivity index is 2.38. The summed E-state index contributed by atoms with van der Waals surface area (Å²) in [4.78, 5) is 2.26. The van der Waals surface area contributed by atoms with Crippen molar-refractivity contribution in [3.8, 4) is 0 Å². The standard InChI is InChI=1S/C8H17NO2/c1-7-8(2)11-6-4-9(7)3-5-10/h7-8,10H,3-6H2,1-2H3. The van der Waals surface area contributed by atoms with Gasteiger partial charge in [0.2, 0.25) is 0 Å². The molecule has 3 heteroatoms. The van der Waals surface area contributed by atoms with Crippen molar-refractivity contribution in [1.82, 2.24) is 4.90 Å². The van der Waals surface area contributed by atoms with Crippen LogP contribution in [-0.2, 0) is 4.74 Å². The van der Waals surface area contributed by atoms with Crippen LogP contribution in [0.1, 0.15) is 13.8 Å². The number of aliphatic hydroxyl groups excluding tert-OH is 1. The number of aliphatic hydroxyl groups is 1. The average Bonchev–Trinajstić information content (AvgIpc) is 1.99. The predicted octanol–water partition coefficient (Wildman–Crippen LogP) is 0.0879. The van der Waals surface area contributed by atoms with E-state index in [9.17, 15) is 0 Å². The van der Waals surface area contributed by atoms with Crippen LogP contribution in [0.3, 0.4) is 0 Å². The molecule has 66 valence electrons. The number of hydrogen-bond acceptors (Lipinski definition) is 3. The first-order valence-electron chi connectivity index (χ1n) is 4.22. The van der Waals surface area contributed by atoms with Gasteiger partial charge in [0.05, 0.1) is 19.3 Å². The lowest BCUT2D eigenvalue weighted by molar-refractivity contribution is -0.0588. The molecule has 1 aliphatic heterocycles. The van der Waals surface area contributed by atoms with Crippen LogP contribution in [0.4, 0.5) is 0 Å². The lowest BCUT2D eigenvalue weighted by Gasteiger charge is -2.37. The maximum Gasteiger partial charge on any atom is 0.0700 e. The van der Waals surface area contributed by atoms with Gasteiger partial charge in [0.25, 0.3) is 0 Å². The van der Waals surface area contributed by atoms with Gasteiger partial charge in [-0.1, -0.05) is 0 Å². The Bertz CT molecular complexity index is 117. The quantitative estimate of drug-likeness (QED) is 0.619. The molecule has 11 heavy (non-hydrogen) atoms. The van der Waals surface area contributed by atoms with E-state index in [4.69, 9.17) is 9.84 Å². The zero-order valence-corrected chi connectivity index (χ0v) is 7.29. The molecule has 2 unspecified atom stereocenters. The van der Waals surface area contributed by atoms with E-state index in [0.717, 1.165) is 19.7 Å². The van der Waals surface area contributed by atoms with Crippen molar-refractivity contribution >= 4 is 0 Å². The van der Waals surface area contributed by atoms with Crippen molar-refractivity contribution in [3.05, 3.63) is 0 Å². The number of ether oxygens (including phenoxy) is 1. The van der Waals surface area contributed by atoms with Gasteiger partial charge in [0.1, 0.15) is 0 Å². The van der Waals surface area contributed by atoms with Crippen LogP contribution in [0.15, 0.2) is 0 Å². The van der Waals surface area contributed by atoms with Gasteiger partial charge in [0.15, 0.2) is 0 Å². The number of nitrogens with zero attached hydrogens (tertiary/aromatic N) is 1. The van der Waals surface area contributed by atoms with Gasteiger partial charge in [-0.15, -0.1) is 0 Å². The Morgan fingerprint density at radius 2 is 2.27 bits per heavy atom. The Morgan fingerprint density at radius 3 is 2.91 bits per heavy atom.